The molecular formula is C25H36. The first-order valence-corrected chi connectivity index (χ1v) is 9.37. The van der Waals surface area contributed by atoms with Crippen molar-refractivity contribution < 1.29 is 1.43 Å². The summed E-state index contributed by atoms with van der Waals surface area (Å²) in [6, 6.07) is 17.3. The molecule has 2 aromatic rings. The lowest BCUT2D eigenvalue weighted by atomic mass is 9.94. The molecule has 0 aliphatic carbocycles. The topological polar surface area (TPSA) is 0 Å². The molecule has 25 heavy (non-hydrogen) atoms. The van der Waals surface area contributed by atoms with Crippen molar-refractivity contribution in [3.05, 3.63) is 83.4 Å². The summed E-state index contributed by atoms with van der Waals surface area (Å²) >= 11 is 0. The van der Waals surface area contributed by atoms with Crippen molar-refractivity contribution in [1.82, 2.24) is 0 Å². The third kappa shape index (κ3) is 7.56. The first-order valence-electron chi connectivity index (χ1n) is 9.37. The van der Waals surface area contributed by atoms with E-state index in [9.17, 15) is 0 Å². The largest absolute Gasteiger partial charge is 0.0952 e. The van der Waals surface area contributed by atoms with Crippen molar-refractivity contribution in [3.63, 3.8) is 0 Å². The van der Waals surface area contributed by atoms with E-state index >= 15 is 0 Å². The van der Waals surface area contributed by atoms with Crippen molar-refractivity contribution in [2.24, 2.45) is 5.41 Å². The van der Waals surface area contributed by atoms with E-state index in [1.807, 2.05) is 13.8 Å². The lowest BCUT2D eigenvalue weighted by molar-refractivity contribution is 0.547. The van der Waals surface area contributed by atoms with Gasteiger partial charge in [0.1, 0.15) is 0 Å². The van der Waals surface area contributed by atoms with Gasteiger partial charge in [-0.3, -0.25) is 0 Å². The summed E-state index contributed by atoms with van der Waals surface area (Å²) in [5, 5.41) is 0. The van der Waals surface area contributed by atoms with Crippen LogP contribution in [0.5, 0.6) is 0 Å². The Labute approximate surface area is 156 Å². The van der Waals surface area contributed by atoms with Gasteiger partial charge < -0.3 is 0 Å². The Morgan fingerprint density at radius 3 is 2.16 bits per heavy atom. The summed E-state index contributed by atoms with van der Waals surface area (Å²) in [7, 11) is 0. The normalized spacial score (nSPS) is 11.1. The van der Waals surface area contributed by atoms with Crippen molar-refractivity contribution in [2.45, 2.75) is 54.4 Å². The van der Waals surface area contributed by atoms with E-state index in [2.05, 4.69) is 95.0 Å². The molecule has 0 heteroatoms. The summed E-state index contributed by atoms with van der Waals surface area (Å²) in [6.45, 7) is 17.1. The summed E-state index contributed by atoms with van der Waals surface area (Å²) in [5.41, 5.74) is 6.69. The van der Waals surface area contributed by atoms with Gasteiger partial charge in [0.05, 0.1) is 0 Å². The zero-order chi connectivity index (χ0) is 18.9. The van der Waals surface area contributed by atoms with Gasteiger partial charge in [-0.05, 0) is 53.0 Å². The molecule has 0 heterocycles. The Hall–Kier alpha value is -2.08. The third-order valence-corrected chi connectivity index (χ3v) is 4.05. The Kier molecular flexibility index (Phi) is 8.41. The second kappa shape index (κ2) is 10.0. The smallest absolute Gasteiger partial charge is 0 e. The molecule has 0 saturated carbocycles. The average Bonchev–Trinajstić information content (AvgIpc) is 2.60. The Balaban J connectivity index is 0.00000201. The maximum absolute atomic E-state index is 4.27. The van der Waals surface area contributed by atoms with Gasteiger partial charge in [-0.15, -0.1) is 0 Å². The molecule has 0 nitrogen and oxygen atoms in total. The summed E-state index contributed by atoms with van der Waals surface area (Å²) in [6.07, 6.45) is 6.49. The SMILES string of the molecule is C=C(CCc1ccccc1C)c1ccc(/C=C/C(C)(C)C)cc1.CC.[HH]. The minimum Gasteiger partial charge on any atom is -0.0952 e. The van der Waals surface area contributed by atoms with Gasteiger partial charge in [0.25, 0.3) is 0 Å². The standard InChI is InChI=1S/C23H28.C2H6.H2/c1-18-8-6-7-9-21(18)13-10-19(2)22-14-11-20(12-15-22)16-17-23(3,4)5;1-2;/h6-9,11-12,14-17H,2,10,13H2,1,3-5H3;1-2H3;1H/b17-16+;;. The van der Waals surface area contributed by atoms with Crippen LogP contribution in [0.1, 0.15) is 64.7 Å². The predicted molar refractivity (Wildman–Crippen MR) is 117 cm³/mol. The van der Waals surface area contributed by atoms with Crippen LogP contribution in [-0.4, -0.2) is 0 Å². The first-order chi connectivity index (χ1) is 11.8. The fraction of sp³-hybridized carbons (Fsp3) is 0.360. The molecule has 0 amide bonds. The molecule has 0 fully saturated rings. The van der Waals surface area contributed by atoms with Gasteiger partial charge in [-0.1, -0.05) is 102 Å². The molecule has 0 aliphatic rings. The number of hydrogen-bond acceptors (Lipinski definition) is 0. The summed E-state index contributed by atoms with van der Waals surface area (Å²) < 4.78 is 0. The highest BCUT2D eigenvalue weighted by Gasteiger charge is 2.04. The lowest BCUT2D eigenvalue weighted by Crippen LogP contribution is -1.97. The third-order valence-electron chi connectivity index (χ3n) is 4.05. The van der Waals surface area contributed by atoms with E-state index < -0.39 is 0 Å². The molecule has 0 aromatic heterocycles. The van der Waals surface area contributed by atoms with Gasteiger partial charge in [-0.25, -0.2) is 0 Å². The minimum atomic E-state index is 0. The van der Waals surface area contributed by atoms with Crippen LogP contribution in [0, 0.1) is 12.3 Å². The van der Waals surface area contributed by atoms with Crippen LogP contribution in [0.15, 0.2) is 61.2 Å². The van der Waals surface area contributed by atoms with Crippen LogP contribution >= 0.6 is 0 Å². The number of rotatable bonds is 5. The van der Waals surface area contributed by atoms with E-state index in [-0.39, 0.29) is 6.84 Å². The van der Waals surface area contributed by atoms with Crippen LogP contribution < -0.4 is 0 Å². The van der Waals surface area contributed by atoms with Crippen molar-refractivity contribution in [1.29, 1.82) is 0 Å². The molecular weight excluding hydrogens is 300 g/mol. The highest BCUT2D eigenvalue weighted by atomic mass is 14.1. The van der Waals surface area contributed by atoms with E-state index in [1.165, 1.54) is 27.8 Å². The van der Waals surface area contributed by atoms with E-state index in [1.54, 1.807) is 0 Å². The molecule has 0 N–H and O–H groups in total. The van der Waals surface area contributed by atoms with Crippen molar-refractivity contribution in [3.8, 4) is 0 Å². The molecule has 2 rings (SSSR count). The fourth-order valence-electron chi connectivity index (χ4n) is 2.50. The molecule has 0 aliphatic heterocycles. The van der Waals surface area contributed by atoms with Crippen LogP contribution in [0.3, 0.4) is 0 Å². The van der Waals surface area contributed by atoms with Crippen molar-refractivity contribution in [2.75, 3.05) is 0 Å². The second-order valence-electron chi connectivity index (χ2n) is 7.35. The highest BCUT2D eigenvalue weighted by Crippen LogP contribution is 2.22. The zero-order valence-electron chi connectivity index (χ0n) is 16.9. The molecule has 0 saturated heterocycles. The fourth-order valence-corrected chi connectivity index (χ4v) is 2.50. The molecule has 0 spiro atoms. The number of benzene rings is 2. The van der Waals surface area contributed by atoms with Crippen LogP contribution in [0.2, 0.25) is 0 Å². The molecule has 0 radical (unpaired) electrons. The lowest BCUT2D eigenvalue weighted by Gasteiger charge is -2.11. The average molecular weight is 337 g/mol. The summed E-state index contributed by atoms with van der Waals surface area (Å²) in [5.74, 6) is 0. The highest BCUT2D eigenvalue weighted by molar-refractivity contribution is 5.65. The van der Waals surface area contributed by atoms with Gasteiger partial charge in [0.15, 0.2) is 0 Å². The number of aryl methyl sites for hydroxylation is 2. The quantitative estimate of drug-likeness (QED) is 0.519. The second-order valence-corrected chi connectivity index (χ2v) is 7.35. The first kappa shape index (κ1) is 21.0. The van der Waals surface area contributed by atoms with E-state index in [0.29, 0.717) is 0 Å². The predicted octanol–water partition coefficient (Wildman–Crippen LogP) is 7.97. The maximum Gasteiger partial charge on any atom is 0 e. The molecule has 0 atom stereocenters. The Morgan fingerprint density at radius 2 is 1.60 bits per heavy atom. The van der Waals surface area contributed by atoms with Crippen LogP contribution in [0.25, 0.3) is 11.6 Å². The molecule has 2 aromatic carbocycles. The maximum atomic E-state index is 4.27. The zero-order valence-corrected chi connectivity index (χ0v) is 16.9. The Bertz CT molecular complexity index is 685. The van der Waals surface area contributed by atoms with Gasteiger partial charge in [0, 0.05) is 1.43 Å². The minimum absolute atomic E-state index is 0. The molecule has 0 bridgehead atoms. The van der Waals surface area contributed by atoms with Gasteiger partial charge >= 0.3 is 0 Å². The molecule has 0 unspecified atom stereocenters. The number of allylic oxidation sites excluding steroid dienone is 2. The van der Waals surface area contributed by atoms with E-state index in [4.69, 9.17) is 0 Å². The van der Waals surface area contributed by atoms with Crippen LogP contribution in [-0.2, 0) is 6.42 Å². The van der Waals surface area contributed by atoms with Crippen molar-refractivity contribution >= 4 is 11.6 Å². The number of hydrogen-bond donors (Lipinski definition) is 0. The van der Waals surface area contributed by atoms with Gasteiger partial charge in [-0.2, -0.15) is 0 Å². The molecule has 136 valence electrons. The summed E-state index contributed by atoms with van der Waals surface area (Å²) in [4.78, 5) is 0. The van der Waals surface area contributed by atoms with Crippen LogP contribution in [0.4, 0.5) is 0 Å². The van der Waals surface area contributed by atoms with E-state index in [0.717, 1.165) is 12.8 Å². The monoisotopic (exact) mass is 336 g/mol. The van der Waals surface area contributed by atoms with Gasteiger partial charge in [0.2, 0.25) is 0 Å². The Morgan fingerprint density at radius 1 is 1.00 bits per heavy atom.